The van der Waals surface area contributed by atoms with Gasteiger partial charge in [-0.3, -0.25) is 4.99 Å². The third-order valence-corrected chi connectivity index (χ3v) is 1.19. The predicted octanol–water partition coefficient (Wildman–Crippen LogP) is 2.20. The van der Waals surface area contributed by atoms with Crippen molar-refractivity contribution in [3.05, 3.63) is 0 Å². The molecule has 11 heavy (non-hydrogen) atoms. The monoisotopic (exact) mass is 156 g/mol. The number of nitrogens with one attached hydrogen (secondary N) is 1. The summed E-state index contributed by atoms with van der Waals surface area (Å²) in [5, 5.41) is 3.24. The minimum absolute atomic E-state index is 0.0491. The smallest absolute Gasteiger partial charge is 0.0966 e. The van der Waals surface area contributed by atoms with Gasteiger partial charge in [0.15, 0.2) is 0 Å². The number of amidine groups is 1. The van der Waals surface area contributed by atoms with Gasteiger partial charge >= 0.3 is 0 Å². The molecule has 0 unspecified atom stereocenters. The van der Waals surface area contributed by atoms with Gasteiger partial charge < -0.3 is 5.32 Å². The number of nitrogens with zero attached hydrogens (tertiary/aromatic N) is 1. The van der Waals surface area contributed by atoms with Gasteiger partial charge in [0, 0.05) is 13.0 Å². The van der Waals surface area contributed by atoms with Crippen LogP contribution in [0.5, 0.6) is 0 Å². The van der Waals surface area contributed by atoms with E-state index in [-0.39, 0.29) is 5.54 Å². The maximum atomic E-state index is 4.52. The lowest BCUT2D eigenvalue weighted by atomic mass is 10.1. The molecule has 0 radical (unpaired) electrons. The second-order valence-electron chi connectivity index (χ2n) is 3.61. The maximum absolute atomic E-state index is 4.52. The summed E-state index contributed by atoms with van der Waals surface area (Å²) in [6.07, 6.45) is 0.991. The topological polar surface area (TPSA) is 24.4 Å². The lowest BCUT2D eigenvalue weighted by Crippen LogP contribution is -2.26. The van der Waals surface area contributed by atoms with E-state index in [1.54, 1.807) is 0 Å². The molecule has 0 saturated heterocycles. The van der Waals surface area contributed by atoms with Gasteiger partial charge in [-0.15, -0.1) is 0 Å². The van der Waals surface area contributed by atoms with E-state index in [0.29, 0.717) is 0 Å². The van der Waals surface area contributed by atoms with Crippen LogP contribution in [0, 0.1) is 0 Å². The van der Waals surface area contributed by atoms with Crippen LogP contribution in [-0.4, -0.2) is 17.9 Å². The first-order valence-electron chi connectivity index (χ1n) is 4.32. The zero-order valence-electron chi connectivity index (χ0n) is 8.36. The van der Waals surface area contributed by atoms with Gasteiger partial charge in [0.05, 0.1) is 11.4 Å². The van der Waals surface area contributed by atoms with E-state index in [9.17, 15) is 0 Å². The van der Waals surface area contributed by atoms with Gasteiger partial charge in [0.2, 0.25) is 0 Å². The van der Waals surface area contributed by atoms with E-state index in [0.717, 1.165) is 18.8 Å². The van der Waals surface area contributed by atoms with Crippen LogP contribution in [0.1, 0.15) is 41.0 Å². The molecule has 0 saturated carbocycles. The quantitative estimate of drug-likeness (QED) is 0.481. The van der Waals surface area contributed by atoms with Gasteiger partial charge in [-0.25, -0.2) is 0 Å². The fourth-order valence-corrected chi connectivity index (χ4v) is 0.853. The van der Waals surface area contributed by atoms with Crippen molar-refractivity contribution in [2.75, 3.05) is 6.54 Å². The second-order valence-corrected chi connectivity index (χ2v) is 3.61. The minimum Gasteiger partial charge on any atom is -0.374 e. The Morgan fingerprint density at radius 1 is 1.27 bits per heavy atom. The second kappa shape index (κ2) is 4.37. The Morgan fingerprint density at radius 3 is 2.09 bits per heavy atom. The Bertz CT molecular complexity index is 131. The molecule has 2 heteroatoms. The first kappa shape index (κ1) is 10.5. The van der Waals surface area contributed by atoms with Gasteiger partial charge in [0.25, 0.3) is 0 Å². The lowest BCUT2D eigenvalue weighted by molar-refractivity contribution is 0.577. The molecule has 2 nitrogen and oxygen atoms in total. The average Bonchev–Trinajstić information content (AvgIpc) is 1.84. The average molecular weight is 156 g/mol. The van der Waals surface area contributed by atoms with E-state index >= 15 is 0 Å². The summed E-state index contributed by atoms with van der Waals surface area (Å²) in [7, 11) is 0. The Hall–Kier alpha value is -0.530. The normalized spacial score (nSPS) is 13.4. The number of hydrogen-bond acceptors (Lipinski definition) is 1. The van der Waals surface area contributed by atoms with Crippen LogP contribution in [-0.2, 0) is 0 Å². The lowest BCUT2D eigenvalue weighted by Gasteiger charge is -2.15. The molecule has 0 aliphatic heterocycles. The molecule has 0 aromatic carbocycles. The molecule has 0 rings (SSSR count). The van der Waals surface area contributed by atoms with Crippen LogP contribution in [0.15, 0.2) is 4.99 Å². The highest BCUT2D eigenvalue weighted by Gasteiger charge is 2.07. The third kappa shape index (κ3) is 5.89. The molecular formula is C9H20N2. The molecule has 0 amide bonds. The molecule has 0 aliphatic rings. The van der Waals surface area contributed by atoms with Crippen LogP contribution >= 0.6 is 0 Å². The Balaban J connectivity index is 4.11. The fraction of sp³-hybridized carbons (Fsp3) is 0.889. The van der Waals surface area contributed by atoms with Crippen LogP contribution in [0.4, 0.5) is 0 Å². The van der Waals surface area contributed by atoms with Crippen molar-refractivity contribution < 1.29 is 0 Å². The number of rotatable bonds is 2. The van der Waals surface area contributed by atoms with Gasteiger partial charge in [0.1, 0.15) is 0 Å². The Kier molecular flexibility index (Phi) is 4.16. The summed E-state index contributed by atoms with van der Waals surface area (Å²) in [6.45, 7) is 11.5. The van der Waals surface area contributed by atoms with Crippen LogP contribution in [0.2, 0.25) is 0 Å². The highest BCUT2D eigenvalue weighted by Crippen LogP contribution is 2.06. The third-order valence-electron chi connectivity index (χ3n) is 1.19. The summed E-state index contributed by atoms with van der Waals surface area (Å²) in [5.41, 5.74) is 0.0491. The predicted molar refractivity (Wildman–Crippen MR) is 51.2 cm³/mol. The van der Waals surface area contributed by atoms with Crippen LogP contribution in [0.3, 0.4) is 0 Å². The van der Waals surface area contributed by atoms with Crippen molar-refractivity contribution in [2.45, 2.75) is 46.6 Å². The van der Waals surface area contributed by atoms with Gasteiger partial charge in [-0.05, 0) is 27.7 Å². The fourth-order valence-electron chi connectivity index (χ4n) is 0.853. The summed E-state index contributed by atoms with van der Waals surface area (Å²) in [6, 6.07) is 0. The van der Waals surface area contributed by atoms with E-state index in [4.69, 9.17) is 0 Å². The first-order chi connectivity index (χ1) is 4.99. The molecule has 0 bridgehead atoms. The minimum atomic E-state index is 0.0491. The summed E-state index contributed by atoms with van der Waals surface area (Å²) in [4.78, 5) is 4.52. The number of hydrogen-bond donors (Lipinski definition) is 1. The Labute approximate surface area is 70.1 Å². The molecule has 0 atom stereocenters. The van der Waals surface area contributed by atoms with Crippen molar-refractivity contribution in [1.82, 2.24) is 5.32 Å². The summed E-state index contributed by atoms with van der Waals surface area (Å²) in [5.74, 6) is 1.11. The first-order valence-corrected chi connectivity index (χ1v) is 4.32. The molecule has 0 fully saturated rings. The highest BCUT2D eigenvalue weighted by atomic mass is 15.0. The molecule has 66 valence electrons. The van der Waals surface area contributed by atoms with Crippen LogP contribution < -0.4 is 5.32 Å². The van der Waals surface area contributed by atoms with Gasteiger partial charge in [-0.1, -0.05) is 6.92 Å². The van der Waals surface area contributed by atoms with Crippen molar-refractivity contribution in [2.24, 2.45) is 4.99 Å². The summed E-state index contributed by atoms with van der Waals surface area (Å²) < 4.78 is 0. The molecule has 0 heterocycles. The number of aliphatic imine (C=N–C) groups is 1. The molecule has 0 spiro atoms. The SMILES string of the molecule is CCN/C(CC)=N\C(C)(C)C. The molecule has 1 N–H and O–H groups in total. The van der Waals surface area contributed by atoms with E-state index in [1.165, 1.54) is 0 Å². The summed E-state index contributed by atoms with van der Waals surface area (Å²) >= 11 is 0. The molecule has 0 aromatic rings. The Morgan fingerprint density at radius 2 is 1.82 bits per heavy atom. The van der Waals surface area contributed by atoms with E-state index in [2.05, 4.69) is 44.9 Å². The standard InChI is InChI=1S/C9H20N2/c1-6-8(10-7-2)11-9(3,4)5/h6-7H2,1-5H3,(H,10,11). The maximum Gasteiger partial charge on any atom is 0.0966 e. The zero-order chi connectivity index (χ0) is 8.91. The van der Waals surface area contributed by atoms with Gasteiger partial charge in [-0.2, -0.15) is 0 Å². The van der Waals surface area contributed by atoms with Crippen LogP contribution in [0.25, 0.3) is 0 Å². The van der Waals surface area contributed by atoms with E-state index in [1.807, 2.05) is 0 Å². The highest BCUT2D eigenvalue weighted by molar-refractivity contribution is 5.82. The van der Waals surface area contributed by atoms with Crippen molar-refractivity contribution in [1.29, 1.82) is 0 Å². The van der Waals surface area contributed by atoms with Crippen molar-refractivity contribution in [3.63, 3.8) is 0 Å². The van der Waals surface area contributed by atoms with Crippen molar-refractivity contribution >= 4 is 5.84 Å². The molecule has 0 aliphatic carbocycles. The molecular weight excluding hydrogens is 136 g/mol. The largest absolute Gasteiger partial charge is 0.374 e. The van der Waals surface area contributed by atoms with E-state index < -0.39 is 0 Å². The zero-order valence-corrected chi connectivity index (χ0v) is 8.36. The molecule has 0 aromatic heterocycles. The van der Waals surface area contributed by atoms with Crippen molar-refractivity contribution in [3.8, 4) is 0 Å².